The van der Waals surface area contributed by atoms with Crippen molar-refractivity contribution in [2.45, 2.75) is 51.2 Å². The highest BCUT2D eigenvalue weighted by Crippen LogP contribution is 2.10. The maximum atomic E-state index is 13.0. The van der Waals surface area contributed by atoms with Crippen molar-refractivity contribution < 1.29 is 14.4 Å². The zero-order valence-electron chi connectivity index (χ0n) is 18.2. The molecule has 0 radical (unpaired) electrons. The molecular formula is C22H32N6O3. The molecule has 168 valence electrons. The molecule has 6 N–H and O–H groups in total. The zero-order valence-corrected chi connectivity index (χ0v) is 18.2. The number of nitrogens with two attached hydrogens (primary N) is 2. The van der Waals surface area contributed by atoms with E-state index < -0.39 is 35.8 Å². The summed E-state index contributed by atoms with van der Waals surface area (Å²) < 4.78 is 1.77. The number of hydrogen-bond acceptors (Lipinski definition) is 5. The molecule has 1 heterocycles. The van der Waals surface area contributed by atoms with Crippen LogP contribution in [0.4, 0.5) is 0 Å². The van der Waals surface area contributed by atoms with Gasteiger partial charge in [0.2, 0.25) is 17.7 Å². The van der Waals surface area contributed by atoms with Crippen LogP contribution in [0.25, 0.3) is 0 Å². The molecule has 0 aliphatic carbocycles. The summed E-state index contributed by atoms with van der Waals surface area (Å²) >= 11 is 0. The minimum Gasteiger partial charge on any atom is -0.368 e. The third-order valence-electron chi connectivity index (χ3n) is 5.26. The molecule has 2 aromatic rings. The van der Waals surface area contributed by atoms with Crippen LogP contribution in [0.5, 0.6) is 0 Å². The first kappa shape index (κ1) is 24.1. The topological polar surface area (TPSA) is 145 Å². The maximum Gasteiger partial charge on any atom is 0.243 e. The Morgan fingerprint density at radius 2 is 1.77 bits per heavy atom. The molecule has 9 nitrogen and oxygen atoms in total. The summed E-state index contributed by atoms with van der Waals surface area (Å²) in [7, 11) is 1.83. The van der Waals surface area contributed by atoms with Crippen molar-refractivity contribution in [1.82, 2.24) is 20.2 Å². The maximum absolute atomic E-state index is 13.0. The third kappa shape index (κ3) is 7.21. The van der Waals surface area contributed by atoms with E-state index in [9.17, 15) is 14.4 Å². The van der Waals surface area contributed by atoms with Crippen molar-refractivity contribution in [1.29, 1.82) is 0 Å². The minimum absolute atomic E-state index is 0.170. The highest BCUT2D eigenvalue weighted by atomic mass is 16.2. The molecule has 1 aromatic carbocycles. The average molecular weight is 429 g/mol. The number of hydrogen-bond donors (Lipinski definition) is 4. The quantitative estimate of drug-likeness (QED) is 0.399. The highest BCUT2D eigenvalue weighted by Gasteiger charge is 2.30. The first-order valence-corrected chi connectivity index (χ1v) is 10.4. The molecule has 0 fully saturated rings. The van der Waals surface area contributed by atoms with Crippen LogP contribution < -0.4 is 22.1 Å². The summed E-state index contributed by atoms with van der Waals surface area (Å²) in [4.78, 5) is 41.7. The van der Waals surface area contributed by atoms with Gasteiger partial charge in [0, 0.05) is 26.1 Å². The lowest BCUT2D eigenvalue weighted by Gasteiger charge is -2.27. The summed E-state index contributed by atoms with van der Waals surface area (Å²) in [5.74, 6) is -1.73. The largest absolute Gasteiger partial charge is 0.368 e. The third-order valence-corrected chi connectivity index (χ3v) is 5.26. The second-order valence-electron chi connectivity index (χ2n) is 7.87. The monoisotopic (exact) mass is 428 g/mol. The summed E-state index contributed by atoms with van der Waals surface area (Å²) in [5.41, 5.74) is 13.1. The van der Waals surface area contributed by atoms with Crippen molar-refractivity contribution >= 4 is 17.7 Å². The molecule has 2 rings (SSSR count). The van der Waals surface area contributed by atoms with Crippen LogP contribution in [0.15, 0.2) is 42.9 Å². The van der Waals surface area contributed by atoms with E-state index in [0.717, 1.165) is 5.56 Å². The van der Waals surface area contributed by atoms with Gasteiger partial charge in [-0.3, -0.25) is 14.4 Å². The number of aromatic nitrogens is 2. The fourth-order valence-corrected chi connectivity index (χ4v) is 3.19. The van der Waals surface area contributed by atoms with Crippen molar-refractivity contribution in [2.75, 3.05) is 0 Å². The zero-order chi connectivity index (χ0) is 23.0. The van der Waals surface area contributed by atoms with Gasteiger partial charge in [0.05, 0.1) is 18.1 Å². The van der Waals surface area contributed by atoms with Crippen molar-refractivity contribution in [3.8, 4) is 0 Å². The van der Waals surface area contributed by atoms with E-state index in [1.54, 1.807) is 17.1 Å². The Kier molecular flexibility index (Phi) is 8.75. The molecule has 3 amide bonds. The summed E-state index contributed by atoms with van der Waals surface area (Å²) in [5, 5.41) is 5.43. The van der Waals surface area contributed by atoms with Gasteiger partial charge in [0.15, 0.2) is 0 Å². The van der Waals surface area contributed by atoms with E-state index in [-0.39, 0.29) is 18.8 Å². The molecule has 1 aromatic heterocycles. The number of amides is 3. The molecule has 0 spiro atoms. The van der Waals surface area contributed by atoms with E-state index in [1.165, 1.54) is 0 Å². The number of benzene rings is 1. The van der Waals surface area contributed by atoms with Gasteiger partial charge in [-0.05, 0) is 11.5 Å². The number of aryl methyl sites for hydroxylation is 1. The van der Waals surface area contributed by atoms with Gasteiger partial charge < -0.3 is 26.7 Å². The Balaban J connectivity index is 2.06. The van der Waals surface area contributed by atoms with Crippen molar-refractivity contribution in [3.63, 3.8) is 0 Å². The number of nitrogens with zero attached hydrogens (tertiary/aromatic N) is 2. The van der Waals surface area contributed by atoms with Gasteiger partial charge in [-0.25, -0.2) is 4.98 Å². The van der Waals surface area contributed by atoms with E-state index in [1.807, 2.05) is 51.2 Å². The van der Waals surface area contributed by atoms with Crippen LogP contribution in [0.2, 0.25) is 0 Å². The van der Waals surface area contributed by atoms with Gasteiger partial charge in [-0.15, -0.1) is 0 Å². The van der Waals surface area contributed by atoms with E-state index in [4.69, 9.17) is 11.5 Å². The van der Waals surface area contributed by atoms with Gasteiger partial charge in [-0.2, -0.15) is 0 Å². The first-order valence-electron chi connectivity index (χ1n) is 10.4. The second kappa shape index (κ2) is 11.3. The molecule has 0 aliphatic rings. The van der Waals surface area contributed by atoms with Crippen LogP contribution in [-0.4, -0.2) is 45.4 Å². The number of carbonyl (C=O) groups is 3. The lowest BCUT2D eigenvalue weighted by molar-refractivity contribution is -0.132. The molecule has 0 aliphatic heterocycles. The lowest BCUT2D eigenvalue weighted by Crippen LogP contribution is -2.57. The molecule has 9 heteroatoms. The van der Waals surface area contributed by atoms with Crippen LogP contribution in [0, 0.1) is 5.92 Å². The van der Waals surface area contributed by atoms with E-state index in [0.29, 0.717) is 12.1 Å². The van der Waals surface area contributed by atoms with Gasteiger partial charge in [0.1, 0.15) is 12.1 Å². The molecule has 0 saturated carbocycles. The fraction of sp³-hybridized carbons (Fsp3) is 0.455. The van der Waals surface area contributed by atoms with Gasteiger partial charge in [0.25, 0.3) is 0 Å². The Hall–Kier alpha value is -3.20. The molecule has 0 bridgehead atoms. The lowest BCUT2D eigenvalue weighted by atomic mass is 9.96. The first-order chi connectivity index (χ1) is 14.7. The van der Waals surface area contributed by atoms with Gasteiger partial charge >= 0.3 is 0 Å². The molecule has 4 atom stereocenters. The number of rotatable bonds is 11. The average Bonchev–Trinajstić information content (AvgIpc) is 3.15. The number of imidazole rings is 1. The number of nitrogens with one attached hydrogen (secondary N) is 2. The Bertz CT molecular complexity index is 882. The van der Waals surface area contributed by atoms with E-state index >= 15 is 0 Å². The SMILES string of the molecule is CC[C@H](C)[C@H](NC(=O)[C@@H](N)Cc1cn(C)cn1)C(=O)N[C@@H](Cc1ccccc1)C(N)=O. The second-order valence-corrected chi connectivity index (χ2v) is 7.87. The smallest absolute Gasteiger partial charge is 0.243 e. The number of primary amides is 1. The Labute approximate surface area is 182 Å². The van der Waals surface area contributed by atoms with Crippen molar-refractivity contribution in [3.05, 3.63) is 54.1 Å². The summed E-state index contributed by atoms with van der Waals surface area (Å²) in [6.07, 6.45) is 4.58. The molecule has 0 saturated heterocycles. The predicted octanol–water partition coefficient (Wildman–Crippen LogP) is 0.0336. The summed E-state index contributed by atoms with van der Waals surface area (Å²) in [6, 6.07) is 6.68. The summed E-state index contributed by atoms with van der Waals surface area (Å²) in [6.45, 7) is 3.77. The van der Waals surface area contributed by atoms with Crippen LogP contribution in [-0.2, 0) is 34.3 Å². The van der Waals surface area contributed by atoms with Crippen LogP contribution in [0.1, 0.15) is 31.5 Å². The molecule has 31 heavy (non-hydrogen) atoms. The normalized spacial score (nSPS) is 14.8. The minimum atomic E-state index is -0.888. The van der Waals surface area contributed by atoms with Crippen LogP contribution >= 0.6 is 0 Å². The fourth-order valence-electron chi connectivity index (χ4n) is 3.19. The number of carbonyl (C=O) groups excluding carboxylic acids is 3. The molecular weight excluding hydrogens is 396 g/mol. The predicted molar refractivity (Wildman–Crippen MR) is 118 cm³/mol. The standard InChI is InChI=1S/C22H32N6O3/c1-4-14(2)19(27-21(30)17(23)11-16-12-28(3)13-25-16)22(31)26-18(20(24)29)10-15-8-6-5-7-9-15/h5-9,12-14,17-19H,4,10-11,23H2,1-3H3,(H2,24,29)(H,26,31)(H,27,30)/t14-,17-,18-,19-/m0/s1. The highest BCUT2D eigenvalue weighted by molar-refractivity contribution is 5.93. The van der Waals surface area contributed by atoms with Gasteiger partial charge in [-0.1, -0.05) is 50.6 Å². The Morgan fingerprint density at radius 1 is 1.10 bits per heavy atom. The molecule has 0 unspecified atom stereocenters. The Morgan fingerprint density at radius 3 is 2.32 bits per heavy atom. The van der Waals surface area contributed by atoms with Crippen LogP contribution in [0.3, 0.4) is 0 Å². The van der Waals surface area contributed by atoms with Crippen molar-refractivity contribution in [2.24, 2.45) is 24.4 Å². The van der Waals surface area contributed by atoms with E-state index in [2.05, 4.69) is 15.6 Å².